The second-order valence-electron chi connectivity index (χ2n) is 6.27. The van der Waals surface area contributed by atoms with Gasteiger partial charge in [-0.1, -0.05) is 36.9 Å². The topological polar surface area (TPSA) is 9.23 Å². The van der Waals surface area contributed by atoms with Gasteiger partial charge in [-0.05, 0) is 50.5 Å². The summed E-state index contributed by atoms with van der Waals surface area (Å²) in [4.78, 5) is 1.44. The minimum atomic E-state index is 0.229. The molecule has 2 atom stereocenters. The molecule has 0 spiro atoms. The summed E-state index contributed by atoms with van der Waals surface area (Å²) < 4.78 is 6.22. The summed E-state index contributed by atoms with van der Waals surface area (Å²) >= 11 is 0. The average Bonchev–Trinajstić information content (AvgIpc) is 2.65. The summed E-state index contributed by atoms with van der Waals surface area (Å²) in [7, 11) is 0.229. The number of allylic oxidation sites excluding steroid dienone is 1. The van der Waals surface area contributed by atoms with Crippen LogP contribution in [0.4, 0.5) is 0 Å². The molecule has 0 N–H and O–H groups in total. The predicted molar refractivity (Wildman–Crippen MR) is 107 cm³/mol. The summed E-state index contributed by atoms with van der Waals surface area (Å²) in [5, 5.41) is 2.58. The third-order valence-corrected chi connectivity index (χ3v) is 6.94. The van der Waals surface area contributed by atoms with E-state index in [-0.39, 0.29) is 10.9 Å². The summed E-state index contributed by atoms with van der Waals surface area (Å²) in [6.07, 6.45) is 10.4. The zero-order valence-electron chi connectivity index (χ0n) is 14.5. The summed E-state index contributed by atoms with van der Waals surface area (Å²) in [6.45, 7) is 6.98. The molecule has 0 heterocycles. The first-order chi connectivity index (χ1) is 11.8. The van der Waals surface area contributed by atoms with Gasteiger partial charge in [0.1, 0.15) is 17.3 Å². The molecule has 1 aliphatic carbocycles. The van der Waals surface area contributed by atoms with Gasteiger partial charge in [-0.25, -0.2) is 0 Å². The van der Waals surface area contributed by atoms with Crippen molar-refractivity contribution in [3.8, 4) is 5.75 Å². The third-order valence-electron chi connectivity index (χ3n) is 4.63. The van der Waals surface area contributed by atoms with E-state index >= 15 is 0 Å². The van der Waals surface area contributed by atoms with Gasteiger partial charge in [0.05, 0.1) is 6.61 Å². The lowest BCUT2D eigenvalue weighted by molar-refractivity contribution is 0.266. The molecule has 0 saturated heterocycles. The molecular weight excluding hydrogens is 312 g/mol. The van der Waals surface area contributed by atoms with Crippen molar-refractivity contribution in [3.05, 3.63) is 61.2 Å². The van der Waals surface area contributed by atoms with Gasteiger partial charge >= 0.3 is 0 Å². The summed E-state index contributed by atoms with van der Waals surface area (Å²) in [5.41, 5.74) is 0. The van der Waals surface area contributed by atoms with Crippen molar-refractivity contribution in [1.29, 1.82) is 0 Å². The van der Waals surface area contributed by atoms with Gasteiger partial charge in [-0.3, -0.25) is 0 Å². The van der Waals surface area contributed by atoms with Crippen molar-refractivity contribution >= 4 is 21.7 Å². The second kappa shape index (κ2) is 8.43. The lowest BCUT2D eigenvalue weighted by Crippen LogP contribution is -2.13. The highest BCUT2D eigenvalue weighted by Crippen LogP contribution is 2.33. The van der Waals surface area contributed by atoms with Crippen LogP contribution in [0.5, 0.6) is 5.75 Å². The number of hydrogen-bond donors (Lipinski definition) is 0. The maximum atomic E-state index is 6.22. The van der Waals surface area contributed by atoms with E-state index in [9.17, 15) is 0 Å². The Kier molecular flexibility index (Phi) is 6.03. The van der Waals surface area contributed by atoms with Gasteiger partial charge in [0, 0.05) is 27.6 Å². The molecule has 0 saturated carbocycles. The quantitative estimate of drug-likeness (QED) is 0.460. The molecule has 0 fully saturated rings. The van der Waals surface area contributed by atoms with Crippen LogP contribution in [-0.2, 0) is 10.9 Å². The van der Waals surface area contributed by atoms with Crippen LogP contribution in [0, 0.1) is 5.92 Å². The Bertz CT molecular complexity index is 719. The molecule has 24 heavy (non-hydrogen) atoms. The molecular formula is C22H27OS+. The molecule has 0 radical (unpaired) electrons. The zero-order valence-corrected chi connectivity index (χ0v) is 15.4. The summed E-state index contributed by atoms with van der Waals surface area (Å²) in [6, 6.07) is 13.1. The van der Waals surface area contributed by atoms with E-state index < -0.39 is 0 Å². The van der Waals surface area contributed by atoms with Crippen molar-refractivity contribution in [2.24, 2.45) is 5.92 Å². The molecule has 2 unspecified atom stereocenters. The van der Waals surface area contributed by atoms with Crippen molar-refractivity contribution in [2.45, 2.75) is 31.1 Å². The first kappa shape index (κ1) is 17.2. The van der Waals surface area contributed by atoms with Crippen LogP contribution >= 0.6 is 0 Å². The van der Waals surface area contributed by atoms with Crippen LogP contribution in [0.2, 0.25) is 0 Å². The highest BCUT2D eigenvalue weighted by molar-refractivity contribution is 7.97. The van der Waals surface area contributed by atoms with E-state index in [4.69, 9.17) is 4.74 Å². The van der Waals surface area contributed by atoms with E-state index in [1.165, 1.54) is 34.9 Å². The molecule has 2 aromatic rings. The molecule has 3 rings (SSSR count). The predicted octanol–water partition coefficient (Wildman–Crippen LogP) is 5.76. The van der Waals surface area contributed by atoms with Crippen LogP contribution in [0.25, 0.3) is 10.8 Å². The lowest BCUT2D eigenvalue weighted by atomic mass is 9.97. The van der Waals surface area contributed by atoms with E-state index in [2.05, 4.69) is 62.1 Å². The van der Waals surface area contributed by atoms with Gasteiger partial charge in [-0.15, -0.1) is 0 Å². The number of ether oxygens (including phenoxy) is 1. The minimum Gasteiger partial charge on any atom is -0.492 e. The smallest absolute Gasteiger partial charge is 0.163 e. The van der Waals surface area contributed by atoms with Gasteiger partial charge < -0.3 is 4.74 Å². The van der Waals surface area contributed by atoms with Gasteiger partial charge in [0.25, 0.3) is 0 Å². The average molecular weight is 340 g/mol. The Morgan fingerprint density at radius 3 is 2.75 bits per heavy atom. The Morgan fingerprint density at radius 2 is 2.04 bits per heavy atom. The Hall–Kier alpha value is -1.67. The fraction of sp³-hybridized carbons (Fsp3) is 0.364. The van der Waals surface area contributed by atoms with E-state index in [0.29, 0.717) is 5.92 Å². The molecule has 2 heteroatoms. The standard InChI is InChI=1S/C22H27OS/c1-3-16-24(4-2)22-15-14-21(19-12-8-9-13-20(19)22)23-17-18-10-6-5-7-11-18/h3,6,8-10,12-15,18H,1,4-5,7,11,16-17H2,2H3/q+1. The molecule has 0 amide bonds. The SMILES string of the molecule is C=CC[S+](CC)c1ccc(OCC2C=CCCC2)c2ccccc12. The normalized spacial score (nSPS) is 18.5. The molecule has 0 aromatic heterocycles. The Morgan fingerprint density at radius 1 is 1.21 bits per heavy atom. The van der Waals surface area contributed by atoms with Crippen molar-refractivity contribution < 1.29 is 4.74 Å². The summed E-state index contributed by atoms with van der Waals surface area (Å²) in [5.74, 6) is 3.78. The van der Waals surface area contributed by atoms with Crippen LogP contribution < -0.4 is 4.74 Å². The van der Waals surface area contributed by atoms with Crippen LogP contribution in [0.1, 0.15) is 26.2 Å². The Labute approximate surface area is 148 Å². The number of fused-ring (bicyclic) bond motifs is 1. The lowest BCUT2D eigenvalue weighted by Gasteiger charge is -2.18. The second-order valence-corrected chi connectivity index (χ2v) is 8.61. The number of rotatable bonds is 7. The highest BCUT2D eigenvalue weighted by Gasteiger charge is 2.22. The first-order valence-electron chi connectivity index (χ1n) is 8.93. The van der Waals surface area contributed by atoms with Crippen LogP contribution in [0.3, 0.4) is 0 Å². The fourth-order valence-electron chi connectivity index (χ4n) is 3.35. The van der Waals surface area contributed by atoms with Crippen molar-refractivity contribution in [2.75, 3.05) is 18.1 Å². The maximum Gasteiger partial charge on any atom is 0.163 e. The fourth-order valence-corrected chi connectivity index (χ4v) is 5.11. The van der Waals surface area contributed by atoms with E-state index in [1.807, 2.05) is 6.08 Å². The van der Waals surface area contributed by atoms with Gasteiger partial charge in [-0.2, -0.15) is 0 Å². The molecule has 0 aliphatic heterocycles. The molecule has 1 aliphatic rings. The van der Waals surface area contributed by atoms with Crippen LogP contribution in [-0.4, -0.2) is 18.1 Å². The van der Waals surface area contributed by atoms with Crippen LogP contribution in [0.15, 0.2) is 66.1 Å². The third kappa shape index (κ3) is 3.87. The zero-order chi connectivity index (χ0) is 16.8. The molecule has 126 valence electrons. The van der Waals surface area contributed by atoms with E-state index in [1.54, 1.807) is 0 Å². The molecule has 1 nitrogen and oxygen atoms in total. The highest BCUT2D eigenvalue weighted by atomic mass is 32.2. The Balaban J connectivity index is 1.88. The largest absolute Gasteiger partial charge is 0.492 e. The van der Waals surface area contributed by atoms with Crippen molar-refractivity contribution in [3.63, 3.8) is 0 Å². The van der Waals surface area contributed by atoms with E-state index in [0.717, 1.165) is 23.9 Å². The number of hydrogen-bond acceptors (Lipinski definition) is 1. The van der Waals surface area contributed by atoms with Gasteiger partial charge in [0.15, 0.2) is 4.90 Å². The molecule has 2 aromatic carbocycles. The van der Waals surface area contributed by atoms with Crippen molar-refractivity contribution in [1.82, 2.24) is 0 Å². The molecule has 0 bridgehead atoms. The maximum absolute atomic E-state index is 6.22. The monoisotopic (exact) mass is 339 g/mol. The van der Waals surface area contributed by atoms with Gasteiger partial charge in [0.2, 0.25) is 0 Å². The first-order valence-corrected chi connectivity index (χ1v) is 10.5. The number of benzene rings is 2. The minimum absolute atomic E-state index is 0.229.